The van der Waals surface area contributed by atoms with Crippen molar-refractivity contribution < 1.29 is 9.53 Å². The van der Waals surface area contributed by atoms with Crippen LogP contribution in [0.1, 0.15) is 34.5 Å². The molecule has 32 heavy (non-hydrogen) atoms. The Morgan fingerprint density at radius 2 is 1.78 bits per heavy atom. The molecule has 2 aromatic carbocycles. The first-order chi connectivity index (χ1) is 15.3. The predicted octanol–water partition coefficient (Wildman–Crippen LogP) is 4.65. The average Bonchev–Trinajstić information content (AvgIpc) is 3.05. The molecule has 0 N–H and O–H groups in total. The zero-order valence-electron chi connectivity index (χ0n) is 19.7. The summed E-state index contributed by atoms with van der Waals surface area (Å²) in [6.45, 7) is 6.72. The summed E-state index contributed by atoms with van der Waals surface area (Å²) in [4.78, 5) is 19.5. The molecule has 2 heterocycles. The number of aromatic nitrogens is 3. The van der Waals surface area contributed by atoms with Gasteiger partial charge in [0.1, 0.15) is 5.75 Å². The number of fused-ring (bicyclic) bond motifs is 2. The summed E-state index contributed by atoms with van der Waals surface area (Å²) in [6, 6.07) is 12.3. The van der Waals surface area contributed by atoms with Crippen LogP contribution in [0, 0.1) is 20.8 Å². The van der Waals surface area contributed by atoms with Crippen LogP contribution in [0.5, 0.6) is 5.75 Å². The van der Waals surface area contributed by atoms with Gasteiger partial charge in [-0.25, -0.2) is 4.98 Å². The lowest BCUT2D eigenvalue weighted by atomic mass is 9.99. The third-order valence-electron chi connectivity index (χ3n) is 6.28. The molecule has 1 amide bonds. The van der Waals surface area contributed by atoms with E-state index < -0.39 is 0 Å². The van der Waals surface area contributed by atoms with E-state index in [9.17, 15) is 4.79 Å². The van der Waals surface area contributed by atoms with Crippen LogP contribution in [-0.4, -0.2) is 39.7 Å². The molecule has 4 rings (SSSR count). The number of pyridine rings is 1. The van der Waals surface area contributed by atoms with Gasteiger partial charge < -0.3 is 9.64 Å². The largest absolute Gasteiger partial charge is 0.497 e. The quantitative estimate of drug-likeness (QED) is 0.447. The van der Waals surface area contributed by atoms with Gasteiger partial charge in [0.05, 0.1) is 12.8 Å². The van der Waals surface area contributed by atoms with E-state index >= 15 is 0 Å². The van der Waals surface area contributed by atoms with Gasteiger partial charge in [-0.05, 0) is 72.9 Å². The van der Waals surface area contributed by atoms with Crippen LogP contribution in [0.25, 0.3) is 21.8 Å². The molecule has 0 aliphatic rings. The summed E-state index contributed by atoms with van der Waals surface area (Å²) in [5, 5.41) is 7.87. The van der Waals surface area contributed by atoms with Gasteiger partial charge in [0.15, 0.2) is 5.65 Å². The molecule has 0 atom stereocenters. The molecule has 0 saturated carbocycles. The Kier molecular flexibility index (Phi) is 5.87. The van der Waals surface area contributed by atoms with Crippen LogP contribution in [-0.2, 0) is 24.8 Å². The lowest BCUT2D eigenvalue weighted by molar-refractivity contribution is -0.130. The molecule has 6 nitrogen and oxygen atoms in total. The minimum absolute atomic E-state index is 0.127. The Morgan fingerprint density at radius 1 is 1.06 bits per heavy atom. The second-order valence-corrected chi connectivity index (χ2v) is 8.51. The third kappa shape index (κ3) is 4.05. The SMILES string of the molecule is COc1ccc2cc(CN(C)C(=O)CCc3c(C)nc4c(c(C)nn4C)c3C)ccc2c1. The maximum Gasteiger partial charge on any atom is 0.222 e. The van der Waals surface area contributed by atoms with Crippen molar-refractivity contribution in [1.29, 1.82) is 0 Å². The van der Waals surface area contributed by atoms with Crippen LogP contribution >= 0.6 is 0 Å². The smallest absolute Gasteiger partial charge is 0.222 e. The van der Waals surface area contributed by atoms with E-state index in [2.05, 4.69) is 36.3 Å². The second kappa shape index (κ2) is 8.61. The maximum absolute atomic E-state index is 12.9. The number of aryl methyl sites for hydroxylation is 4. The normalized spacial score (nSPS) is 11.3. The van der Waals surface area contributed by atoms with E-state index in [0.29, 0.717) is 19.4 Å². The number of rotatable bonds is 6. The fraction of sp³-hybridized carbons (Fsp3) is 0.346. The highest BCUT2D eigenvalue weighted by Crippen LogP contribution is 2.26. The molecule has 0 spiro atoms. The minimum atomic E-state index is 0.127. The number of benzene rings is 2. The highest BCUT2D eigenvalue weighted by molar-refractivity contribution is 5.85. The van der Waals surface area contributed by atoms with Gasteiger partial charge in [0.2, 0.25) is 5.91 Å². The number of amides is 1. The summed E-state index contributed by atoms with van der Waals surface area (Å²) < 4.78 is 7.12. The summed E-state index contributed by atoms with van der Waals surface area (Å²) in [5.74, 6) is 0.971. The number of nitrogens with zero attached hydrogens (tertiary/aromatic N) is 4. The van der Waals surface area contributed by atoms with Crippen LogP contribution in [0.2, 0.25) is 0 Å². The van der Waals surface area contributed by atoms with Crippen LogP contribution in [0.4, 0.5) is 0 Å². The fourth-order valence-electron chi connectivity index (χ4n) is 4.51. The number of carbonyl (C=O) groups excluding carboxylic acids is 1. The molecule has 4 aromatic rings. The van der Waals surface area contributed by atoms with E-state index in [1.165, 1.54) is 5.56 Å². The van der Waals surface area contributed by atoms with Gasteiger partial charge in [-0.3, -0.25) is 9.48 Å². The molecule has 0 saturated heterocycles. The second-order valence-electron chi connectivity index (χ2n) is 8.51. The highest BCUT2D eigenvalue weighted by atomic mass is 16.5. The molecular formula is C26H30N4O2. The van der Waals surface area contributed by atoms with Gasteiger partial charge >= 0.3 is 0 Å². The van der Waals surface area contributed by atoms with Crippen molar-refractivity contribution in [2.45, 2.75) is 40.2 Å². The predicted molar refractivity (Wildman–Crippen MR) is 128 cm³/mol. The number of ether oxygens (including phenoxy) is 1. The molecule has 0 aliphatic carbocycles. The molecular weight excluding hydrogens is 400 g/mol. The summed E-state index contributed by atoms with van der Waals surface area (Å²) in [7, 11) is 5.46. The van der Waals surface area contributed by atoms with Gasteiger partial charge in [-0.1, -0.05) is 18.2 Å². The van der Waals surface area contributed by atoms with Gasteiger partial charge in [0.25, 0.3) is 0 Å². The summed E-state index contributed by atoms with van der Waals surface area (Å²) in [5.41, 5.74) is 6.29. The molecule has 0 bridgehead atoms. The first kappa shape index (κ1) is 21.8. The Bertz CT molecular complexity index is 1320. The van der Waals surface area contributed by atoms with Gasteiger partial charge in [0, 0.05) is 38.1 Å². The first-order valence-electron chi connectivity index (χ1n) is 10.9. The van der Waals surface area contributed by atoms with Crippen molar-refractivity contribution in [3.05, 3.63) is 64.5 Å². The highest BCUT2D eigenvalue weighted by Gasteiger charge is 2.17. The summed E-state index contributed by atoms with van der Waals surface area (Å²) >= 11 is 0. The third-order valence-corrected chi connectivity index (χ3v) is 6.28. The Hall–Kier alpha value is -3.41. The van der Waals surface area contributed by atoms with Crippen LogP contribution in [0.3, 0.4) is 0 Å². The zero-order chi connectivity index (χ0) is 23.0. The average molecular weight is 431 g/mol. The lowest BCUT2D eigenvalue weighted by Gasteiger charge is -2.18. The van der Waals surface area contributed by atoms with E-state index in [-0.39, 0.29) is 5.91 Å². The zero-order valence-corrected chi connectivity index (χ0v) is 19.7. The van der Waals surface area contributed by atoms with Crippen molar-refractivity contribution in [3.63, 3.8) is 0 Å². The number of methoxy groups -OCH3 is 1. The van der Waals surface area contributed by atoms with Crippen molar-refractivity contribution in [2.75, 3.05) is 14.2 Å². The molecule has 6 heteroatoms. The monoisotopic (exact) mass is 430 g/mol. The fourth-order valence-corrected chi connectivity index (χ4v) is 4.51. The van der Waals surface area contributed by atoms with E-state index in [1.54, 1.807) is 12.0 Å². The summed E-state index contributed by atoms with van der Waals surface area (Å²) in [6.07, 6.45) is 1.13. The topological polar surface area (TPSA) is 60.2 Å². The van der Waals surface area contributed by atoms with E-state index in [4.69, 9.17) is 9.72 Å². The Morgan fingerprint density at radius 3 is 2.53 bits per heavy atom. The Balaban J connectivity index is 1.46. The number of hydrogen-bond acceptors (Lipinski definition) is 4. The lowest BCUT2D eigenvalue weighted by Crippen LogP contribution is -2.26. The van der Waals surface area contributed by atoms with Crippen molar-refractivity contribution in [3.8, 4) is 5.75 Å². The van der Waals surface area contributed by atoms with Gasteiger partial charge in [-0.2, -0.15) is 5.10 Å². The minimum Gasteiger partial charge on any atom is -0.497 e. The molecule has 166 valence electrons. The molecule has 2 aromatic heterocycles. The molecule has 0 aliphatic heterocycles. The van der Waals surface area contributed by atoms with Crippen LogP contribution < -0.4 is 4.74 Å². The van der Waals surface area contributed by atoms with Gasteiger partial charge in [-0.15, -0.1) is 0 Å². The first-order valence-corrected chi connectivity index (χ1v) is 10.9. The standard InChI is InChI=1S/C26H30N4O2/c1-16-23(17(2)27-26-25(16)18(3)28-30(26)5)11-12-24(31)29(4)15-19-7-8-21-14-22(32-6)10-9-20(21)13-19/h7-10,13-14H,11-12,15H2,1-6H3. The van der Waals surface area contributed by atoms with Crippen LogP contribution in [0.15, 0.2) is 36.4 Å². The van der Waals surface area contributed by atoms with Crippen molar-refractivity contribution in [1.82, 2.24) is 19.7 Å². The van der Waals surface area contributed by atoms with Crippen molar-refractivity contribution >= 4 is 27.7 Å². The van der Waals surface area contributed by atoms with Crippen molar-refractivity contribution in [2.24, 2.45) is 7.05 Å². The molecule has 0 unspecified atom stereocenters. The molecule has 0 radical (unpaired) electrons. The number of carbonyl (C=O) groups is 1. The molecule has 0 fully saturated rings. The number of hydrogen-bond donors (Lipinski definition) is 0. The van der Waals surface area contributed by atoms with E-state index in [1.807, 2.05) is 44.8 Å². The Labute approximate surface area is 188 Å². The maximum atomic E-state index is 12.9. The van der Waals surface area contributed by atoms with E-state index in [0.717, 1.165) is 50.1 Å².